The predicted molar refractivity (Wildman–Crippen MR) is 81.8 cm³/mol. The molecule has 2 atom stereocenters. The van der Waals surface area contributed by atoms with Crippen molar-refractivity contribution in [1.82, 2.24) is 4.98 Å². The maximum Gasteiger partial charge on any atom is 0.168 e. The van der Waals surface area contributed by atoms with Crippen molar-refractivity contribution >= 4 is 16.7 Å². The van der Waals surface area contributed by atoms with E-state index in [0.717, 1.165) is 35.2 Å². The summed E-state index contributed by atoms with van der Waals surface area (Å²) in [6.07, 6.45) is 7.53. The van der Waals surface area contributed by atoms with Gasteiger partial charge >= 0.3 is 0 Å². The van der Waals surface area contributed by atoms with Crippen LogP contribution in [-0.4, -0.2) is 10.8 Å². The first-order valence-electron chi connectivity index (χ1n) is 7.67. The number of fused-ring (bicyclic) bond motifs is 1. The van der Waals surface area contributed by atoms with Gasteiger partial charge in [0.25, 0.3) is 0 Å². The molecule has 1 aromatic heterocycles. The fourth-order valence-electron chi connectivity index (χ4n) is 3.42. The van der Waals surface area contributed by atoms with Crippen LogP contribution >= 0.6 is 0 Å². The van der Waals surface area contributed by atoms with Gasteiger partial charge in [-0.25, -0.2) is 0 Å². The molecule has 2 heteroatoms. The second-order valence-electron chi connectivity index (χ2n) is 5.88. The molecule has 1 aliphatic carbocycles. The molecule has 1 saturated carbocycles. The first kappa shape index (κ1) is 13.3. The quantitative estimate of drug-likeness (QED) is 0.759. The Bertz CT molecular complexity index is 614. The summed E-state index contributed by atoms with van der Waals surface area (Å²) in [6, 6.07) is 9.87. The summed E-state index contributed by atoms with van der Waals surface area (Å²) in [6.45, 7) is 2.23. The van der Waals surface area contributed by atoms with Crippen LogP contribution in [0.5, 0.6) is 0 Å². The first-order valence-corrected chi connectivity index (χ1v) is 7.67. The Hall–Kier alpha value is -1.70. The van der Waals surface area contributed by atoms with Crippen LogP contribution in [0.1, 0.15) is 49.4 Å². The van der Waals surface area contributed by atoms with Gasteiger partial charge in [-0.15, -0.1) is 0 Å². The summed E-state index contributed by atoms with van der Waals surface area (Å²) in [5.41, 5.74) is 1.67. The van der Waals surface area contributed by atoms with E-state index in [1.54, 1.807) is 6.20 Å². The van der Waals surface area contributed by atoms with E-state index < -0.39 is 0 Å². The normalized spacial score (nSPS) is 22.9. The van der Waals surface area contributed by atoms with Gasteiger partial charge < -0.3 is 0 Å². The van der Waals surface area contributed by atoms with Crippen LogP contribution in [-0.2, 0) is 0 Å². The van der Waals surface area contributed by atoms with E-state index in [4.69, 9.17) is 0 Å². The molecule has 1 fully saturated rings. The molecule has 0 N–H and O–H groups in total. The average molecular weight is 267 g/mol. The number of hydrogen-bond donors (Lipinski definition) is 0. The lowest BCUT2D eigenvalue weighted by molar-refractivity contribution is 0.0863. The highest BCUT2D eigenvalue weighted by molar-refractivity contribution is 6.07. The minimum absolute atomic E-state index is 0.196. The van der Waals surface area contributed by atoms with E-state index in [-0.39, 0.29) is 5.92 Å². The number of carbonyl (C=O) groups is 1. The molecular formula is C18H21NO. The molecule has 0 spiro atoms. The average Bonchev–Trinajstić information content (AvgIpc) is 2.53. The predicted octanol–water partition coefficient (Wildman–Crippen LogP) is 4.63. The van der Waals surface area contributed by atoms with Crippen molar-refractivity contribution in [3.8, 4) is 0 Å². The van der Waals surface area contributed by atoms with Crippen molar-refractivity contribution in [2.24, 2.45) is 11.8 Å². The van der Waals surface area contributed by atoms with Gasteiger partial charge in [-0.1, -0.05) is 44.4 Å². The standard InChI is InChI=1S/C18H21NO/c1-2-13-6-3-8-15(12-13)18(20)16-10-4-7-14-9-5-11-19-17(14)16/h4-5,7,9-11,13,15H,2-3,6,8,12H2,1H3. The maximum absolute atomic E-state index is 12.8. The highest BCUT2D eigenvalue weighted by atomic mass is 16.1. The highest BCUT2D eigenvalue weighted by Crippen LogP contribution is 2.33. The summed E-state index contributed by atoms with van der Waals surface area (Å²) < 4.78 is 0. The largest absolute Gasteiger partial charge is 0.294 e. The van der Waals surface area contributed by atoms with Crippen LogP contribution < -0.4 is 0 Å². The molecule has 0 bridgehead atoms. The third-order valence-electron chi connectivity index (χ3n) is 4.63. The van der Waals surface area contributed by atoms with Crippen LogP contribution in [0.15, 0.2) is 36.5 Å². The van der Waals surface area contributed by atoms with Crippen molar-refractivity contribution in [1.29, 1.82) is 0 Å². The second-order valence-corrected chi connectivity index (χ2v) is 5.88. The van der Waals surface area contributed by atoms with Gasteiger partial charge in [0.15, 0.2) is 5.78 Å². The van der Waals surface area contributed by atoms with E-state index in [2.05, 4.69) is 11.9 Å². The Labute approximate surface area is 120 Å². The Kier molecular flexibility index (Phi) is 3.81. The van der Waals surface area contributed by atoms with Crippen molar-refractivity contribution in [3.63, 3.8) is 0 Å². The van der Waals surface area contributed by atoms with Gasteiger partial charge in [-0.05, 0) is 30.9 Å². The summed E-state index contributed by atoms with van der Waals surface area (Å²) in [4.78, 5) is 17.3. The zero-order valence-electron chi connectivity index (χ0n) is 12.0. The number of rotatable bonds is 3. The Balaban J connectivity index is 1.92. The van der Waals surface area contributed by atoms with Crippen molar-refractivity contribution in [3.05, 3.63) is 42.1 Å². The number of aromatic nitrogens is 1. The number of pyridine rings is 1. The summed E-state index contributed by atoms with van der Waals surface area (Å²) >= 11 is 0. The van der Waals surface area contributed by atoms with Gasteiger partial charge in [-0.3, -0.25) is 9.78 Å². The Morgan fingerprint density at radius 2 is 2.10 bits per heavy atom. The number of ketones is 1. The number of benzene rings is 1. The monoisotopic (exact) mass is 267 g/mol. The number of nitrogens with zero attached hydrogens (tertiary/aromatic N) is 1. The van der Waals surface area contributed by atoms with Gasteiger partial charge in [0, 0.05) is 23.1 Å². The molecule has 0 saturated heterocycles. The van der Waals surface area contributed by atoms with Crippen LogP contribution in [0, 0.1) is 11.8 Å². The minimum Gasteiger partial charge on any atom is -0.294 e. The molecular weight excluding hydrogens is 246 g/mol. The van der Waals surface area contributed by atoms with Crippen LogP contribution in [0.3, 0.4) is 0 Å². The van der Waals surface area contributed by atoms with Crippen LogP contribution in [0.4, 0.5) is 0 Å². The first-order chi connectivity index (χ1) is 9.79. The molecule has 1 aliphatic rings. The minimum atomic E-state index is 0.196. The van der Waals surface area contributed by atoms with Crippen molar-refractivity contribution in [2.45, 2.75) is 39.0 Å². The number of para-hydroxylation sites is 1. The molecule has 104 valence electrons. The zero-order chi connectivity index (χ0) is 13.9. The number of carbonyl (C=O) groups excluding carboxylic acids is 1. The lowest BCUT2D eigenvalue weighted by Gasteiger charge is -2.27. The van der Waals surface area contributed by atoms with E-state index >= 15 is 0 Å². The summed E-state index contributed by atoms with van der Waals surface area (Å²) in [7, 11) is 0. The number of hydrogen-bond acceptors (Lipinski definition) is 2. The molecule has 0 radical (unpaired) electrons. The fraction of sp³-hybridized carbons (Fsp3) is 0.444. The zero-order valence-corrected chi connectivity index (χ0v) is 12.0. The smallest absolute Gasteiger partial charge is 0.168 e. The maximum atomic E-state index is 12.8. The summed E-state index contributed by atoms with van der Waals surface area (Å²) in [5, 5.41) is 1.06. The van der Waals surface area contributed by atoms with E-state index in [9.17, 15) is 4.79 Å². The Morgan fingerprint density at radius 1 is 1.25 bits per heavy atom. The molecule has 1 aromatic carbocycles. The summed E-state index contributed by atoms with van der Waals surface area (Å²) in [5.74, 6) is 1.22. The van der Waals surface area contributed by atoms with E-state index in [1.807, 2.05) is 30.3 Å². The fourth-order valence-corrected chi connectivity index (χ4v) is 3.42. The molecule has 1 heterocycles. The topological polar surface area (TPSA) is 30.0 Å². The van der Waals surface area contributed by atoms with Gasteiger partial charge in [0.05, 0.1) is 5.52 Å². The van der Waals surface area contributed by atoms with E-state index in [1.165, 1.54) is 19.3 Å². The van der Waals surface area contributed by atoms with Gasteiger partial charge in [0.1, 0.15) is 0 Å². The second kappa shape index (κ2) is 5.74. The molecule has 0 amide bonds. The number of Topliss-reactive ketones (excluding diaryl/α,β-unsaturated/α-hetero) is 1. The van der Waals surface area contributed by atoms with Gasteiger partial charge in [0.2, 0.25) is 0 Å². The third-order valence-corrected chi connectivity index (χ3v) is 4.63. The lowest BCUT2D eigenvalue weighted by Crippen LogP contribution is -2.23. The molecule has 3 rings (SSSR count). The lowest BCUT2D eigenvalue weighted by atomic mass is 9.77. The Morgan fingerprint density at radius 3 is 2.95 bits per heavy atom. The van der Waals surface area contributed by atoms with Gasteiger partial charge in [-0.2, -0.15) is 0 Å². The van der Waals surface area contributed by atoms with E-state index in [0.29, 0.717) is 5.78 Å². The van der Waals surface area contributed by atoms with Crippen molar-refractivity contribution in [2.75, 3.05) is 0 Å². The molecule has 2 unspecified atom stereocenters. The van der Waals surface area contributed by atoms with Crippen LogP contribution in [0.2, 0.25) is 0 Å². The highest BCUT2D eigenvalue weighted by Gasteiger charge is 2.28. The molecule has 2 nitrogen and oxygen atoms in total. The van der Waals surface area contributed by atoms with Crippen LogP contribution in [0.25, 0.3) is 10.9 Å². The third kappa shape index (κ3) is 2.47. The van der Waals surface area contributed by atoms with Crippen molar-refractivity contribution < 1.29 is 4.79 Å². The SMILES string of the molecule is CCC1CCCC(C(=O)c2cccc3cccnc23)C1. The molecule has 2 aromatic rings. The molecule has 0 aliphatic heterocycles. The molecule has 20 heavy (non-hydrogen) atoms.